The number of carbonyl (C=O) groups is 1. The molecule has 2 aromatic rings. The number of aromatic nitrogens is 1. The van der Waals surface area contributed by atoms with E-state index in [0.29, 0.717) is 12.5 Å². The van der Waals surface area contributed by atoms with Gasteiger partial charge in [0.2, 0.25) is 5.91 Å². The van der Waals surface area contributed by atoms with E-state index in [1.165, 1.54) is 24.8 Å². The maximum atomic E-state index is 12.3. The Bertz CT molecular complexity index is 621. The third kappa shape index (κ3) is 3.59. The van der Waals surface area contributed by atoms with Crippen molar-refractivity contribution in [3.05, 3.63) is 53.9 Å². The van der Waals surface area contributed by atoms with E-state index in [-0.39, 0.29) is 5.91 Å². The van der Waals surface area contributed by atoms with Crippen molar-refractivity contribution in [1.82, 2.24) is 9.88 Å². The van der Waals surface area contributed by atoms with Gasteiger partial charge in [-0.25, -0.2) is 0 Å². The smallest absolute Gasteiger partial charge is 0.226 e. The molecule has 3 heteroatoms. The van der Waals surface area contributed by atoms with Gasteiger partial charge in [-0.1, -0.05) is 37.0 Å². The molecule has 0 spiro atoms. The Labute approximate surface area is 132 Å². The van der Waals surface area contributed by atoms with Crippen molar-refractivity contribution >= 4 is 5.91 Å². The standard InChI is InChI=1S/C19H24N2O/c1-15-9-11-17(12-10-15)21-13-5-8-18(21)14-19(22)20-16-6-3-2-4-7-16/h5,8-13,16H,2-4,6-7,14H2,1H3,(H,20,22). The number of carbonyl (C=O) groups excluding carboxylic acids is 1. The first-order valence-electron chi connectivity index (χ1n) is 8.25. The molecule has 0 saturated heterocycles. The van der Waals surface area contributed by atoms with E-state index in [9.17, 15) is 4.79 Å². The van der Waals surface area contributed by atoms with Gasteiger partial charge < -0.3 is 9.88 Å². The summed E-state index contributed by atoms with van der Waals surface area (Å²) in [7, 11) is 0. The van der Waals surface area contributed by atoms with Gasteiger partial charge in [0.05, 0.1) is 6.42 Å². The van der Waals surface area contributed by atoms with Crippen LogP contribution in [0.15, 0.2) is 42.6 Å². The van der Waals surface area contributed by atoms with Gasteiger partial charge in [-0.2, -0.15) is 0 Å². The molecule has 3 rings (SSSR count). The molecular weight excluding hydrogens is 272 g/mol. The molecule has 0 radical (unpaired) electrons. The minimum Gasteiger partial charge on any atom is -0.353 e. The summed E-state index contributed by atoms with van der Waals surface area (Å²) in [6, 6.07) is 12.8. The molecule has 1 saturated carbocycles. The predicted molar refractivity (Wildman–Crippen MR) is 89.2 cm³/mol. The molecule has 3 nitrogen and oxygen atoms in total. The number of amides is 1. The molecule has 1 fully saturated rings. The summed E-state index contributed by atoms with van der Waals surface area (Å²) < 4.78 is 2.10. The number of nitrogens with zero attached hydrogens (tertiary/aromatic N) is 1. The van der Waals surface area contributed by atoms with Crippen LogP contribution in [0.5, 0.6) is 0 Å². The molecular formula is C19H24N2O. The van der Waals surface area contributed by atoms with Gasteiger partial charge in [0.1, 0.15) is 0 Å². The molecule has 1 heterocycles. The highest BCUT2D eigenvalue weighted by molar-refractivity contribution is 5.78. The van der Waals surface area contributed by atoms with E-state index < -0.39 is 0 Å². The van der Waals surface area contributed by atoms with E-state index >= 15 is 0 Å². The molecule has 1 aromatic carbocycles. The topological polar surface area (TPSA) is 34.0 Å². The highest BCUT2D eigenvalue weighted by Gasteiger charge is 2.16. The minimum absolute atomic E-state index is 0.138. The number of hydrogen-bond donors (Lipinski definition) is 1. The zero-order valence-corrected chi connectivity index (χ0v) is 13.2. The quantitative estimate of drug-likeness (QED) is 0.915. The normalized spacial score (nSPS) is 15.7. The van der Waals surface area contributed by atoms with Crippen molar-refractivity contribution in [3.8, 4) is 5.69 Å². The van der Waals surface area contributed by atoms with Crippen LogP contribution in [-0.4, -0.2) is 16.5 Å². The van der Waals surface area contributed by atoms with Gasteiger partial charge in [-0.05, 0) is 44.0 Å². The summed E-state index contributed by atoms with van der Waals surface area (Å²) in [5.74, 6) is 0.138. The minimum atomic E-state index is 0.138. The maximum absolute atomic E-state index is 12.3. The van der Waals surface area contributed by atoms with Crippen molar-refractivity contribution in [3.63, 3.8) is 0 Å². The predicted octanol–water partition coefficient (Wildman–Crippen LogP) is 3.78. The molecule has 0 bridgehead atoms. The summed E-state index contributed by atoms with van der Waals surface area (Å²) in [6.07, 6.45) is 8.51. The lowest BCUT2D eigenvalue weighted by molar-refractivity contribution is -0.121. The van der Waals surface area contributed by atoms with Gasteiger partial charge in [0, 0.05) is 23.6 Å². The van der Waals surface area contributed by atoms with Gasteiger partial charge >= 0.3 is 0 Å². The summed E-state index contributed by atoms with van der Waals surface area (Å²) in [4.78, 5) is 12.3. The lowest BCUT2D eigenvalue weighted by Gasteiger charge is -2.22. The Morgan fingerprint density at radius 1 is 1.14 bits per heavy atom. The summed E-state index contributed by atoms with van der Waals surface area (Å²) in [5, 5.41) is 3.19. The first kappa shape index (κ1) is 14.9. The van der Waals surface area contributed by atoms with Crippen LogP contribution in [-0.2, 0) is 11.2 Å². The average molecular weight is 296 g/mol. The fraction of sp³-hybridized carbons (Fsp3) is 0.421. The second-order valence-corrected chi connectivity index (χ2v) is 6.28. The molecule has 1 amide bonds. The van der Waals surface area contributed by atoms with Gasteiger partial charge in [0.15, 0.2) is 0 Å². The Morgan fingerprint density at radius 2 is 1.86 bits per heavy atom. The van der Waals surface area contributed by atoms with Crippen molar-refractivity contribution in [2.75, 3.05) is 0 Å². The first-order valence-corrected chi connectivity index (χ1v) is 8.25. The molecule has 1 aromatic heterocycles. The molecule has 1 aliphatic rings. The molecule has 1 N–H and O–H groups in total. The Hall–Kier alpha value is -2.03. The monoisotopic (exact) mass is 296 g/mol. The van der Waals surface area contributed by atoms with Crippen molar-refractivity contribution in [2.45, 2.75) is 51.5 Å². The number of aryl methyl sites for hydroxylation is 1. The van der Waals surface area contributed by atoms with Crippen molar-refractivity contribution in [2.24, 2.45) is 0 Å². The molecule has 0 aliphatic heterocycles. The largest absolute Gasteiger partial charge is 0.353 e. The van der Waals surface area contributed by atoms with Crippen LogP contribution in [0.3, 0.4) is 0 Å². The molecule has 1 aliphatic carbocycles. The first-order chi connectivity index (χ1) is 10.7. The second kappa shape index (κ2) is 6.82. The van der Waals surface area contributed by atoms with Crippen LogP contribution in [0.25, 0.3) is 5.69 Å². The van der Waals surface area contributed by atoms with Crippen LogP contribution >= 0.6 is 0 Å². The second-order valence-electron chi connectivity index (χ2n) is 6.28. The van der Waals surface area contributed by atoms with E-state index in [4.69, 9.17) is 0 Å². The van der Waals surface area contributed by atoms with E-state index in [2.05, 4.69) is 41.1 Å². The maximum Gasteiger partial charge on any atom is 0.226 e. The van der Waals surface area contributed by atoms with Crippen LogP contribution < -0.4 is 5.32 Å². The fourth-order valence-corrected chi connectivity index (χ4v) is 3.21. The van der Waals surface area contributed by atoms with Crippen molar-refractivity contribution in [1.29, 1.82) is 0 Å². The number of nitrogens with one attached hydrogen (secondary N) is 1. The lowest BCUT2D eigenvalue weighted by Crippen LogP contribution is -2.37. The highest BCUT2D eigenvalue weighted by atomic mass is 16.1. The molecule has 0 unspecified atom stereocenters. The van der Waals surface area contributed by atoms with Crippen molar-refractivity contribution < 1.29 is 4.79 Å². The van der Waals surface area contributed by atoms with Gasteiger partial charge in [-0.15, -0.1) is 0 Å². The number of hydrogen-bond acceptors (Lipinski definition) is 1. The zero-order chi connectivity index (χ0) is 15.4. The lowest BCUT2D eigenvalue weighted by atomic mass is 9.95. The molecule has 22 heavy (non-hydrogen) atoms. The van der Waals surface area contributed by atoms with Gasteiger partial charge in [0.25, 0.3) is 0 Å². The Kier molecular flexibility index (Phi) is 4.62. The number of benzene rings is 1. The van der Waals surface area contributed by atoms with E-state index in [1.54, 1.807) is 0 Å². The zero-order valence-electron chi connectivity index (χ0n) is 13.2. The third-order valence-electron chi connectivity index (χ3n) is 4.46. The van der Waals surface area contributed by atoms with Crippen LogP contribution in [0.1, 0.15) is 43.4 Å². The van der Waals surface area contributed by atoms with Crippen LogP contribution in [0.4, 0.5) is 0 Å². The Morgan fingerprint density at radius 3 is 2.59 bits per heavy atom. The average Bonchev–Trinajstić information content (AvgIpc) is 2.97. The summed E-state index contributed by atoms with van der Waals surface area (Å²) in [5.41, 5.74) is 3.39. The van der Waals surface area contributed by atoms with Crippen LogP contribution in [0.2, 0.25) is 0 Å². The SMILES string of the molecule is Cc1ccc(-n2cccc2CC(=O)NC2CCCCC2)cc1. The summed E-state index contributed by atoms with van der Waals surface area (Å²) in [6.45, 7) is 2.08. The third-order valence-corrected chi connectivity index (χ3v) is 4.46. The summed E-state index contributed by atoms with van der Waals surface area (Å²) >= 11 is 0. The van der Waals surface area contributed by atoms with E-state index in [1.807, 2.05) is 18.3 Å². The molecule has 0 atom stereocenters. The van der Waals surface area contributed by atoms with E-state index in [0.717, 1.165) is 24.2 Å². The van der Waals surface area contributed by atoms with Crippen LogP contribution in [0, 0.1) is 6.92 Å². The highest BCUT2D eigenvalue weighted by Crippen LogP contribution is 2.18. The number of rotatable bonds is 4. The Balaban J connectivity index is 1.66. The fourth-order valence-electron chi connectivity index (χ4n) is 3.21. The van der Waals surface area contributed by atoms with Gasteiger partial charge in [-0.3, -0.25) is 4.79 Å². The molecule has 116 valence electrons.